The lowest BCUT2D eigenvalue weighted by atomic mass is 10.3. The summed E-state index contributed by atoms with van der Waals surface area (Å²) in [6.45, 7) is 4.14. The molecule has 2 unspecified atom stereocenters. The smallest absolute Gasteiger partial charge is 0.244 e. The van der Waals surface area contributed by atoms with Crippen molar-refractivity contribution in [2.24, 2.45) is 0 Å². The molecular formula is C12H16BrFN2O3S. The number of hydrogen-bond donors (Lipinski definition) is 1. The van der Waals surface area contributed by atoms with Gasteiger partial charge in [-0.15, -0.1) is 0 Å². The number of hydrogen-bond acceptors (Lipinski definition) is 4. The van der Waals surface area contributed by atoms with Crippen molar-refractivity contribution in [1.29, 1.82) is 0 Å². The molecule has 0 amide bonds. The van der Waals surface area contributed by atoms with Crippen LogP contribution in [0.2, 0.25) is 0 Å². The highest BCUT2D eigenvalue weighted by molar-refractivity contribution is 9.10. The van der Waals surface area contributed by atoms with Crippen molar-refractivity contribution in [3.8, 4) is 0 Å². The molecule has 0 saturated carbocycles. The Balaban J connectivity index is 2.42. The van der Waals surface area contributed by atoms with Crippen molar-refractivity contribution in [2.75, 3.05) is 18.8 Å². The Labute approximate surface area is 126 Å². The Kier molecular flexibility index (Phi) is 4.38. The van der Waals surface area contributed by atoms with Gasteiger partial charge in [0.15, 0.2) is 0 Å². The number of benzene rings is 1. The average molecular weight is 367 g/mol. The summed E-state index contributed by atoms with van der Waals surface area (Å²) in [5.74, 6) is -0.653. The second-order valence-electron chi connectivity index (χ2n) is 4.88. The van der Waals surface area contributed by atoms with E-state index in [0.29, 0.717) is 0 Å². The molecule has 0 spiro atoms. The number of nitrogens with two attached hydrogens (primary N) is 1. The summed E-state index contributed by atoms with van der Waals surface area (Å²) in [5.41, 5.74) is 5.27. The van der Waals surface area contributed by atoms with Gasteiger partial charge in [-0.1, -0.05) is 0 Å². The fraction of sp³-hybridized carbons (Fsp3) is 0.500. The minimum Gasteiger partial charge on any atom is -0.396 e. The molecule has 0 radical (unpaired) electrons. The highest BCUT2D eigenvalue weighted by Crippen LogP contribution is 2.30. The topological polar surface area (TPSA) is 72.6 Å². The van der Waals surface area contributed by atoms with Crippen LogP contribution in [0, 0.1) is 5.82 Å². The molecule has 0 aromatic heterocycles. The van der Waals surface area contributed by atoms with Crippen LogP contribution in [-0.4, -0.2) is 38.0 Å². The van der Waals surface area contributed by atoms with E-state index in [-0.39, 0.29) is 40.4 Å². The average Bonchev–Trinajstić information content (AvgIpc) is 2.32. The second-order valence-corrected chi connectivity index (χ2v) is 7.64. The van der Waals surface area contributed by atoms with Gasteiger partial charge in [-0.25, -0.2) is 12.8 Å². The molecule has 1 saturated heterocycles. The lowest BCUT2D eigenvalue weighted by molar-refractivity contribution is -0.0440. The minimum absolute atomic E-state index is 0.0299. The molecule has 5 nitrogen and oxygen atoms in total. The molecule has 1 heterocycles. The molecule has 2 N–H and O–H groups in total. The number of rotatable bonds is 2. The number of nitrogen functional groups attached to an aromatic ring is 1. The molecule has 1 aliphatic rings. The van der Waals surface area contributed by atoms with Crippen LogP contribution in [-0.2, 0) is 14.8 Å². The van der Waals surface area contributed by atoms with Gasteiger partial charge in [0.25, 0.3) is 0 Å². The Morgan fingerprint density at radius 2 is 1.90 bits per heavy atom. The van der Waals surface area contributed by atoms with Gasteiger partial charge in [0.2, 0.25) is 10.0 Å². The monoisotopic (exact) mass is 366 g/mol. The molecule has 112 valence electrons. The van der Waals surface area contributed by atoms with Gasteiger partial charge in [-0.05, 0) is 41.9 Å². The van der Waals surface area contributed by atoms with Crippen LogP contribution < -0.4 is 5.73 Å². The first-order chi connectivity index (χ1) is 9.21. The minimum atomic E-state index is -3.74. The van der Waals surface area contributed by atoms with E-state index in [1.165, 1.54) is 4.31 Å². The van der Waals surface area contributed by atoms with E-state index in [2.05, 4.69) is 15.9 Å². The van der Waals surface area contributed by atoms with E-state index < -0.39 is 15.8 Å². The maximum absolute atomic E-state index is 13.3. The Morgan fingerprint density at radius 3 is 2.45 bits per heavy atom. The highest BCUT2D eigenvalue weighted by atomic mass is 79.9. The number of anilines is 1. The van der Waals surface area contributed by atoms with E-state index in [1.54, 1.807) is 0 Å². The molecule has 0 bridgehead atoms. The summed E-state index contributed by atoms with van der Waals surface area (Å²) in [6, 6.07) is 2.20. The van der Waals surface area contributed by atoms with Crippen LogP contribution in [0.25, 0.3) is 0 Å². The van der Waals surface area contributed by atoms with Gasteiger partial charge in [0.1, 0.15) is 5.82 Å². The first-order valence-electron chi connectivity index (χ1n) is 6.12. The molecule has 1 fully saturated rings. The first-order valence-corrected chi connectivity index (χ1v) is 8.35. The summed E-state index contributed by atoms with van der Waals surface area (Å²) < 4.78 is 45.6. The zero-order valence-corrected chi connectivity index (χ0v) is 13.5. The normalized spacial score (nSPS) is 24.8. The molecule has 1 aromatic rings. The lowest BCUT2D eigenvalue weighted by Gasteiger charge is -2.34. The zero-order valence-electron chi connectivity index (χ0n) is 11.1. The SMILES string of the molecule is CC1CN(S(=O)(=O)c2cc(N)c(F)cc2Br)CC(C)O1. The predicted octanol–water partition coefficient (Wildman–Crippen LogP) is 1.97. The van der Waals surface area contributed by atoms with E-state index in [0.717, 1.165) is 12.1 Å². The first kappa shape index (κ1) is 15.7. The lowest BCUT2D eigenvalue weighted by Crippen LogP contribution is -2.48. The highest BCUT2D eigenvalue weighted by Gasteiger charge is 2.33. The molecule has 1 aromatic carbocycles. The van der Waals surface area contributed by atoms with Gasteiger partial charge in [-0.2, -0.15) is 4.31 Å². The molecule has 8 heteroatoms. The zero-order chi connectivity index (χ0) is 15.1. The van der Waals surface area contributed by atoms with Crippen LogP contribution in [0.15, 0.2) is 21.5 Å². The molecule has 2 rings (SSSR count). The van der Waals surface area contributed by atoms with Crippen LogP contribution in [0.1, 0.15) is 13.8 Å². The molecule has 2 atom stereocenters. The number of morpholine rings is 1. The van der Waals surface area contributed by atoms with Gasteiger partial charge in [0, 0.05) is 17.6 Å². The fourth-order valence-corrected chi connectivity index (χ4v) is 4.81. The van der Waals surface area contributed by atoms with Crippen molar-refractivity contribution >= 4 is 31.6 Å². The molecule has 1 aliphatic heterocycles. The third-order valence-electron chi connectivity index (χ3n) is 3.06. The molecule has 20 heavy (non-hydrogen) atoms. The maximum Gasteiger partial charge on any atom is 0.244 e. The second kappa shape index (κ2) is 5.59. The maximum atomic E-state index is 13.3. The van der Waals surface area contributed by atoms with E-state index >= 15 is 0 Å². The van der Waals surface area contributed by atoms with E-state index in [4.69, 9.17) is 10.5 Å². The van der Waals surface area contributed by atoms with Crippen LogP contribution >= 0.6 is 15.9 Å². The number of nitrogens with zero attached hydrogens (tertiary/aromatic N) is 1. The summed E-state index contributed by atoms with van der Waals surface area (Å²) in [5, 5.41) is 0. The van der Waals surface area contributed by atoms with Crippen LogP contribution in [0.5, 0.6) is 0 Å². The van der Waals surface area contributed by atoms with Gasteiger partial charge in [0.05, 0.1) is 22.8 Å². The van der Waals surface area contributed by atoms with Gasteiger partial charge >= 0.3 is 0 Å². The third kappa shape index (κ3) is 2.98. The van der Waals surface area contributed by atoms with Gasteiger partial charge in [-0.3, -0.25) is 0 Å². The standard InChI is InChI=1S/C12H16BrFN2O3S/c1-7-5-16(6-8(2)19-7)20(17,18)12-4-11(15)10(14)3-9(12)13/h3-4,7-8H,5-6,15H2,1-2H3. The third-order valence-corrected chi connectivity index (χ3v) is 5.85. The fourth-order valence-electron chi connectivity index (χ4n) is 2.21. The van der Waals surface area contributed by atoms with Crippen molar-refractivity contribution in [3.05, 3.63) is 22.4 Å². The summed E-state index contributed by atoms with van der Waals surface area (Å²) in [6.07, 6.45) is -0.379. The summed E-state index contributed by atoms with van der Waals surface area (Å²) >= 11 is 3.08. The van der Waals surface area contributed by atoms with Crippen molar-refractivity contribution < 1.29 is 17.5 Å². The number of ether oxygens (including phenoxy) is 1. The summed E-state index contributed by atoms with van der Waals surface area (Å²) in [4.78, 5) is -0.0299. The summed E-state index contributed by atoms with van der Waals surface area (Å²) in [7, 11) is -3.74. The van der Waals surface area contributed by atoms with E-state index in [1.807, 2.05) is 13.8 Å². The Hall–Kier alpha value is -0.700. The van der Waals surface area contributed by atoms with Gasteiger partial charge < -0.3 is 10.5 Å². The largest absolute Gasteiger partial charge is 0.396 e. The van der Waals surface area contributed by atoms with Crippen molar-refractivity contribution in [3.63, 3.8) is 0 Å². The Morgan fingerprint density at radius 1 is 1.35 bits per heavy atom. The van der Waals surface area contributed by atoms with E-state index in [9.17, 15) is 12.8 Å². The Bertz CT molecular complexity index is 613. The molecule has 0 aliphatic carbocycles. The quantitative estimate of drug-likeness (QED) is 0.812. The predicted molar refractivity (Wildman–Crippen MR) is 77.3 cm³/mol. The number of sulfonamides is 1. The number of halogens is 2. The molecular weight excluding hydrogens is 351 g/mol. The van der Waals surface area contributed by atoms with Crippen molar-refractivity contribution in [1.82, 2.24) is 4.31 Å². The van der Waals surface area contributed by atoms with Crippen LogP contribution in [0.4, 0.5) is 10.1 Å². The van der Waals surface area contributed by atoms with Crippen LogP contribution in [0.3, 0.4) is 0 Å². The van der Waals surface area contributed by atoms with Crippen molar-refractivity contribution in [2.45, 2.75) is 31.0 Å².